The summed E-state index contributed by atoms with van der Waals surface area (Å²) in [5.41, 5.74) is 0. The van der Waals surface area contributed by atoms with Crippen molar-refractivity contribution in [3.05, 3.63) is 0 Å². The van der Waals surface area contributed by atoms with Crippen LogP contribution in [0.15, 0.2) is 0 Å². The molecule has 0 bridgehead atoms. The molecule has 58 valence electrons. The zero-order valence-electron chi connectivity index (χ0n) is 6.76. The predicted octanol–water partition coefficient (Wildman–Crippen LogP) is 1.06. The van der Waals surface area contributed by atoms with Crippen molar-refractivity contribution in [2.75, 3.05) is 13.1 Å². The van der Waals surface area contributed by atoms with Gasteiger partial charge in [-0.15, -0.1) is 0 Å². The Morgan fingerprint density at radius 3 is 2.30 bits per heavy atom. The van der Waals surface area contributed by atoms with E-state index in [0.29, 0.717) is 5.78 Å². The molecule has 1 rings (SSSR count). The smallest absolute Gasteiger partial charge is 0.146 e. The van der Waals surface area contributed by atoms with Gasteiger partial charge in [0, 0.05) is 0 Å². The molecule has 0 aromatic heterocycles. The molecule has 1 heterocycles. The fraction of sp³-hybridized carbons (Fsp3) is 0.875. The normalized spacial score (nSPS) is 23.0. The van der Waals surface area contributed by atoms with E-state index < -0.39 is 0 Å². The fourth-order valence-electron chi connectivity index (χ4n) is 1.39. The quantitative estimate of drug-likeness (QED) is 0.573. The van der Waals surface area contributed by atoms with Crippen molar-refractivity contribution in [2.24, 2.45) is 0 Å². The second-order valence-corrected chi connectivity index (χ2v) is 3.03. The molecule has 0 radical (unpaired) electrons. The molecule has 10 heavy (non-hydrogen) atoms. The molecule has 1 aliphatic rings. The third kappa shape index (κ3) is 1.57. The average molecular weight is 141 g/mol. The summed E-state index contributed by atoms with van der Waals surface area (Å²) in [7, 11) is 0. The van der Waals surface area contributed by atoms with Crippen molar-refractivity contribution in [1.29, 1.82) is 0 Å². The van der Waals surface area contributed by atoms with Gasteiger partial charge in [0.05, 0.1) is 6.04 Å². The number of hydrogen-bond donors (Lipinski definition) is 0. The molecule has 0 unspecified atom stereocenters. The minimum atomic E-state index is 0.155. The number of likely N-dealkylation sites (tertiary alicyclic amines) is 1. The predicted molar refractivity (Wildman–Crippen MR) is 41.0 cm³/mol. The van der Waals surface area contributed by atoms with E-state index in [9.17, 15) is 4.79 Å². The molecule has 1 saturated heterocycles. The van der Waals surface area contributed by atoms with Gasteiger partial charge in [0.2, 0.25) is 0 Å². The summed E-state index contributed by atoms with van der Waals surface area (Å²) in [6.45, 7) is 5.89. The lowest BCUT2D eigenvalue weighted by Gasteiger charge is -2.20. The SMILES string of the molecule is CC(=O)[C@@H](C)N1CCCC1. The highest BCUT2D eigenvalue weighted by atomic mass is 16.1. The second-order valence-electron chi connectivity index (χ2n) is 3.03. The van der Waals surface area contributed by atoms with Gasteiger partial charge in [0.1, 0.15) is 5.78 Å². The topological polar surface area (TPSA) is 20.3 Å². The van der Waals surface area contributed by atoms with Crippen LogP contribution in [0.25, 0.3) is 0 Å². The van der Waals surface area contributed by atoms with Gasteiger partial charge in [-0.2, -0.15) is 0 Å². The Bertz CT molecular complexity index is 127. The number of nitrogens with zero attached hydrogens (tertiary/aromatic N) is 1. The van der Waals surface area contributed by atoms with Crippen LogP contribution in [-0.4, -0.2) is 29.8 Å². The standard InChI is InChI=1S/C8H15NO/c1-7(8(2)10)9-5-3-4-6-9/h7H,3-6H2,1-2H3/t7-/m1/s1. The van der Waals surface area contributed by atoms with Crippen LogP contribution < -0.4 is 0 Å². The van der Waals surface area contributed by atoms with Crippen molar-refractivity contribution < 1.29 is 4.79 Å². The summed E-state index contributed by atoms with van der Waals surface area (Å²) in [6.07, 6.45) is 2.52. The van der Waals surface area contributed by atoms with Crippen molar-refractivity contribution in [3.63, 3.8) is 0 Å². The molecule has 0 spiro atoms. The molecular formula is C8H15NO. The minimum absolute atomic E-state index is 0.155. The van der Waals surface area contributed by atoms with Crippen molar-refractivity contribution in [3.8, 4) is 0 Å². The van der Waals surface area contributed by atoms with Gasteiger partial charge in [-0.25, -0.2) is 0 Å². The van der Waals surface area contributed by atoms with Crippen LogP contribution in [0.1, 0.15) is 26.7 Å². The Morgan fingerprint density at radius 1 is 1.40 bits per heavy atom. The van der Waals surface area contributed by atoms with Crippen LogP contribution in [0.2, 0.25) is 0 Å². The summed E-state index contributed by atoms with van der Waals surface area (Å²) in [4.78, 5) is 13.1. The monoisotopic (exact) mass is 141 g/mol. The molecular weight excluding hydrogens is 126 g/mol. The molecule has 0 aliphatic carbocycles. The fourth-order valence-corrected chi connectivity index (χ4v) is 1.39. The molecule has 1 atom stereocenters. The van der Waals surface area contributed by atoms with Gasteiger partial charge in [-0.1, -0.05) is 0 Å². The maximum atomic E-state index is 10.9. The third-order valence-electron chi connectivity index (χ3n) is 2.28. The van der Waals surface area contributed by atoms with Crippen LogP contribution in [0, 0.1) is 0 Å². The Labute approximate surface area is 62.2 Å². The van der Waals surface area contributed by atoms with Crippen molar-refractivity contribution in [2.45, 2.75) is 32.7 Å². The molecule has 1 aliphatic heterocycles. The first-order valence-electron chi connectivity index (χ1n) is 3.96. The van der Waals surface area contributed by atoms with Crippen LogP contribution >= 0.6 is 0 Å². The molecule has 0 saturated carbocycles. The van der Waals surface area contributed by atoms with E-state index in [1.54, 1.807) is 6.92 Å². The first kappa shape index (κ1) is 7.73. The highest BCUT2D eigenvalue weighted by Gasteiger charge is 2.20. The highest BCUT2D eigenvalue weighted by Crippen LogP contribution is 2.11. The number of carbonyl (C=O) groups excluding carboxylic acids is 1. The summed E-state index contributed by atoms with van der Waals surface area (Å²) in [5, 5.41) is 0. The van der Waals surface area contributed by atoms with E-state index in [-0.39, 0.29) is 6.04 Å². The number of ketones is 1. The van der Waals surface area contributed by atoms with Gasteiger partial charge < -0.3 is 0 Å². The van der Waals surface area contributed by atoms with E-state index in [0.717, 1.165) is 13.1 Å². The zero-order valence-corrected chi connectivity index (χ0v) is 6.76. The maximum Gasteiger partial charge on any atom is 0.146 e. The minimum Gasteiger partial charge on any atom is -0.298 e. The molecule has 2 heteroatoms. The number of Topliss-reactive ketones (excluding diaryl/α,β-unsaturated/α-hetero) is 1. The molecule has 1 fully saturated rings. The lowest BCUT2D eigenvalue weighted by molar-refractivity contribution is -0.121. The van der Waals surface area contributed by atoms with Crippen LogP contribution in [-0.2, 0) is 4.79 Å². The van der Waals surface area contributed by atoms with E-state index in [2.05, 4.69) is 4.90 Å². The lowest BCUT2D eigenvalue weighted by atomic mass is 10.2. The number of rotatable bonds is 2. The second kappa shape index (κ2) is 3.15. The van der Waals surface area contributed by atoms with E-state index >= 15 is 0 Å². The summed E-state index contributed by atoms with van der Waals surface area (Å²) in [5.74, 6) is 0.293. The zero-order chi connectivity index (χ0) is 7.56. The Balaban J connectivity index is 2.39. The molecule has 2 nitrogen and oxygen atoms in total. The molecule has 0 amide bonds. The first-order chi connectivity index (χ1) is 4.72. The van der Waals surface area contributed by atoms with Gasteiger partial charge in [-0.3, -0.25) is 9.69 Å². The maximum absolute atomic E-state index is 10.9. The first-order valence-corrected chi connectivity index (χ1v) is 3.96. The largest absolute Gasteiger partial charge is 0.298 e. The molecule has 0 N–H and O–H groups in total. The highest BCUT2D eigenvalue weighted by molar-refractivity contribution is 5.80. The van der Waals surface area contributed by atoms with E-state index in [4.69, 9.17) is 0 Å². The Morgan fingerprint density at radius 2 is 1.90 bits per heavy atom. The summed E-state index contributed by atoms with van der Waals surface area (Å²) >= 11 is 0. The Hall–Kier alpha value is -0.370. The number of hydrogen-bond acceptors (Lipinski definition) is 2. The lowest BCUT2D eigenvalue weighted by Crippen LogP contribution is -2.35. The summed E-state index contributed by atoms with van der Waals surface area (Å²) < 4.78 is 0. The van der Waals surface area contributed by atoms with Crippen molar-refractivity contribution in [1.82, 2.24) is 4.90 Å². The van der Waals surface area contributed by atoms with Crippen LogP contribution in [0.5, 0.6) is 0 Å². The van der Waals surface area contributed by atoms with Crippen LogP contribution in [0.4, 0.5) is 0 Å². The van der Waals surface area contributed by atoms with E-state index in [1.807, 2.05) is 6.92 Å². The van der Waals surface area contributed by atoms with Crippen LogP contribution in [0.3, 0.4) is 0 Å². The van der Waals surface area contributed by atoms with Gasteiger partial charge >= 0.3 is 0 Å². The third-order valence-corrected chi connectivity index (χ3v) is 2.28. The Kier molecular flexibility index (Phi) is 2.44. The van der Waals surface area contributed by atoms with Gasteiger partial charge in [0.15, 0.2) is 0 Å². The average Bonchev–Trinajstić information content (AvgIpc) is 2.36. The molecule has 0 aromatic carbocycles. The van der Waals surface area contributed by atoms with Gasteiger partial charge in [-0.05, 0) is 39.8 Å². The summed E-state index contributed by atoms with van der Waals surface area (Å²) in [6, 6.07) is 0.155. The number of carbonyl (C=O) groups is 1. The van der Waals surface area contributed by atoms with E-state index in [1.165, 1.54) is 12.8 Å². The molecule has 0 aromatic rings. The van der Waals surface area contributed by atoms with Crippen molar-refractivity contribution >= 4 is 5.78 Å². The van der Waals surface area contributed by atoms with Gasteiger partial charge in [0.25, 0.3) is 0 Å².